The number of rotatable bonds is 6. The van der Waals surface area contributed by atoms with Gasteiger partial charge in [0.15, 0.2) is 11.0 Å². The highest BCUT2D eigenvalue weighted by Gasteiger charge is 2.20. The number of hydrogen-bond acceptors (Lipinski definition) is 6. The molecule has 0 spiro atoms. The number of halogens is 1. The normalized spacial score (nSPS) is 15.2. The summed E-state index contributed by atoms with van der Waals surface area (Å²) in [6.45, 7) is 2.43. The van der Waals surface area contributed by atoms with Crippen LogP contribution in [0.2, 0.25) is 5.15 Å². The molecule has 0 unspecified atom stereocenters. The summed E-state index contributed by atoms with van der Waals surface area (Å²) in [6.07, 6.45) is 3.76. The number of benzene rings is 1. The van der Waals surface area contributed by atoms with Crippen molar-refractivity contribution in [1.29, 1.82) is 0 Å². The summed E-state index contributed by atoms with van der Waals surface area (Å²) in [5.41, 5.74) is 0.410. The van der Waals surface area contributed by atoms with Gasteiger partial charge in [0.25, 0.3) is 0 Å². The van der Waals surface area contributed by atoms with Crippen LogP contribution in [-0.4, -0.2) is 41.3 Å². The van der Waals surface area contributed by atoms with Gasteiger partial charge in [-0.25, -0.2) is 0 Å². The van der Waals surface area contributed by atoms with E-state index in [1.165, 1.54) is 12.1 Å². The molecule has 0 atom stereocenters. The van der Waals surface area contributed by atoms with Crippen LogP contribution >= 0.6 is 11.6 Å². The number of carbonyl (C=O) groups is 1. The third-order valence-electron chi connectivity index (χ3n) is 4.40. The van der Waals surface area contributed by atoms with Gasteiger partial charge in [0.05, 0.1) is 6.61 Å². The minimum absolute atomic E-state index is 0.0389. The van der Waals surface area contributed by atoms with Crippen molar-refractivity contribution >= 4 is 23.7 Å². The maximum absolute atomic E-state index is 10.8. The number of piperidine rings is 1. The molecule has 0 amide bonds. The Bertz CT molecular complexity index is 716. The van der Waals surface area contributed by atoms with Crippen molar-refractivity contribution in [3.05, 3.63) is 41.0 Å². The van der Waals surface area contributed by atoms with E-state index >= 15 is 0 Å². The van der Waals surface area contributed by atoms with Crippen molar-refractivity contribution in [3.63, 3.8) is 0 Å². The largest absolute Gasteiger partial charge is 0.508 e. The van der Waals surface area contributed by atoms with E-state index in [0.29, 0.717) is 35.3 Å². The topological polar surface area (TPSA) is 75.6 Å². The molecule has 0 aliphatic carbocycles. The Labute approximate surface area is 151 Å². The van der Waals surface area contributed by atoms with E-state index in [-0.39, 0.29) is 5.75 Å². The molecular weight excluding hydrogens is 342 g/mol. The van der Waals surface area contributed by atoms with E-state index in [0.717, 1.165) is 38.2 Å². The van der Waals surface area contributed by atoms with Gasteiger partial charge in [-0.2, -0.15) is 0 Å². The summed E-state index contributed by atoms with van der Waals surface area (Å²) in [6, 6.07) is 8.22. The number of ether oxygens (including phenoxy) is 1. The van der Waals surface area contributed by atoms with Gasteiger partial charge in [0.1, 0.15) is 17.8 Å². The zero-order valence-corrected chi connectivity index (χ0v) is 14.5. The number of anilines is 1. The van der Waals surface area contributed by atoms with Gasteiger partial charge >= 0.3 is 0 Å². The Morgan fingerprint density at radius 3 is 2.72 bits per heavy atom. The summed E-state index contributed by atoms with van der Waals surface area (Å²) >= 11 is 5.77. The molecule has 0 bridgehead atoms. The van der Waals surface area contributed by atoms with Crippen LogP contribution < -0.4 is 9.64 Å². The number of aldehydes is 1. The maximum Gasteiger partial charge on any atom is 0.151 e. The molecule has 1 aromatic carbocycles. The first-order chi connectivity index (χ1) is 12.1. The Hall–Kier alpha value is -2.34. The molecule has 1 aliphatic rings. The Morgan fingerprint density at radius 2 is 2.04 bits per heavy atom. The number of aromatic hydroxyl groups is 1. The highest BCUT2D eigenvalue weighted by atomic mass is 35.5. The number of carbonyl (C=O) groups excluding carboxylic acids is 1. The minimum atomic E-state index is 0.0389. The molecule has 2 aromatic rings. The van der Waals surface area contributed by atoms with Gasteiger partial charge in [-0.1, -0.05) is 11.6 Å². The molecule has 1 saturated heterocycles. The molecule has 6 nitrogen and oxygen atoms in total. The van der Waals surface area contributed by atoms with E-state index < -0.39 is 0 Å². The van der Waals surface area contributed by atoms with Crippen LogP contribution in [0.15, 0.2) is 30.3 Å². The lowest BCUT2D eigenvalue weighted by molar-refractivity contribution is 0.112. The Balaban J connectivity index is 1.44. The molecule has 2 heterocycles. The van der Waals surface area contributed by atoms with Crippen LogP contribution in [0.1, 0.15) is 29.6 Å². The molecule has 1 aliphatic heterocycles. The second kappa shape index (κ2) is 8.16. The van der Waals surface area contributed by atoms with Gasteiger partial charge in [-0.05, 0) is 49.4 Å². The number of nitrogens with zero attached hydrogens (tertiary/aromatic N) is 3. The summed E-state index contributed by atoms with van der Waals surface area (Å²) < 4.78 is 5.69. The number of phenols is 1. The van der Waals surface area contributed by atoms with Crippen molar-refractivity contribution in [1.82, 2.24) is 10.2 Å². The lowest BCUT2D eigenvalue weighted by Gasteiger charge is -2.32. The van der Waals surface area contributed by atoms with Crippen LogP contribution in [0.5, 0.6) is 11.5 Å². The molecule has 0 radical (unpaired) electrons. The van der Waals surface area contributed by atoms with Gasteiger partial charge in [0, 0.05) is 24.7 Å². The summed E-state index contributed by atoms with van der Waals surface area (Å²) in [5, 5.41) is 18.0. The van der Waals surface area contributed by atoms with Crippen LogP contribution in [0, 0.1) is 5.92 Å². The fourth-order valence-electron chi connectivity index (χ4n) is 3.03. The first kappa shape index (κ1) is 17.5. The van der Waals surface area contributed by atoms with Crippen LogP contribution in [0.3, 0.4) is 0 Å². The minimum Gasteiger partial charge on any atom is -0.508 e. The van der Waals surface area contributed by atoms with Crippen molar-refractivity contribution in [2.75, 3.05) is 24.6 Å². The Morgan fingerprint density at radius 1 is 1.24 bits per heavy atom. The molecule has 132 valence electrons. The number of aromatic nitrogens is 2. The predicted octanol–water partition coefficient (Wildman–Crippen LogP) is 3.33. The van der Waals surface area contributed by atoms with Crippen molar-refractivity contribution in [2.45, 2.75) is 19.3 Å². The molecule has 1 aromatic heterocycles. The Kier molecular flexibility index (Phi) is 5.71. The fourth-order valence-corrected chi connectivity index (χ4v) is 3.13. The van der Waals surface area contributed by atoms with Gasteiger partial charge in [0.2, 0.25) is 0 Å². The molecule has 25 heavy (non-hydrogen) atoms. The summed E-state index contributed by atoms with van der Waals surface area (Å²) in [7, 11) is 0. The molecule has 1 N–H and O–H groups in total. The lowest BCUT2D eigenvalue weighted by Crippen LogP contribution is -2.34. The van der Waals surface area contributed by atoms with Gasteiger partial charge in [-0.3, -0.25) is 4.79 Å². The third-order valence-corrected chi connectivity index (χ3v) is 4.60. The summed E-state index contributed by atoms with van der Waals surface area (Å²) in [5.74, 6) is 2.01. The first-order valence-corrected chi connectivity index (χ1v) is 8.68. The maximum atomic E-state index is 10.8. The third kappa shape index (κ3) is 4.82. The number of phenolic OH excluding ortho intramolecular Hbond substituents is 1. The van der Waals surface area contributed by atoms with Crippen molar-refractivity contribution in [3.8, 4) is 11.5 Å². The van der Waals surface area contributed by atoms with E-state index in [1.54, 1.807) is 12.1 Å². The van der Waals surface area contributed by atoms with E-state index in [1.807, 2.05) is 6.07 Å². The average molecular weight is 362 g/mol. The highest BCUT2D eigenvalue weighted by molar-refractivity contribution is 6.29. The summed E-state index contributed by atoms with van der Waals surface area (Å²) in [4.78, 5) is 13.0. The van der Waals surface area contributed by atoms with Crippen molar-refractivity contribution in [2.24, 2.45) is 5.92 Å². The van der Waals surface area contributed by atoms with Gasteiger partial charge < -0.3 is 14.7 Å². The smallest absolute Gasteiger partial charge is 0.151 e. The zero-order valence-electron chi connectivity index (χ0n) is 13.8. The van der Waals surface area contributed by atoms with Crippen LogP contribution in [0.4, 0.5) is 5.82 Å². The first-order valence-electron chi connectivity index (χ1n) is 8.30. The predicted molar refractivity (Wildman–Crippen MR) is 95.6 cm³/mol. The van der Waals surface area contributed by atoms with Crippen LogP contribution in [-0.2, 0) is 0 Å². The van der Waals surface area contributed by atoms with Crippen LogP contribution in [0.25, 0.3) is 0 Å². The van der Waals surface area contributed by atoms with E-state index in [4.69, 9.17) is 16.3 Å². The molecule has 1 fully saturated rings. The fraction of sp³-hybridized carbons (Fsp3) is 0.389. The average Bonchev–Trinajstić information content (AvgIpc) is 2.62. The van der Waals surface area contributed by atoms with E-state index in [9.17, 15) is 9.90 Å². The molecule has 3 rings (SSSR count). The monoisotopic (exact) mass is 361 g/mol. The second-order valence-corrected chi connectivity index (χ2v) is 6.55. The molecule has 0 saturated carbocycles. The standard InChI is InChI=1S/C18H20ClN3O3/c19-17-1-2-18(21-20-17)22-6-3-13(4-7-22)5-8-25-16-10-14(12-23)9-15(24)11-16/h1-2,9-13,24H,3-8H2. The lowest BCUT2D eigenvalue weighted by atomic mass is 9.94. The number of hydrogen-bond donors (Lipinski definition) is 1. The van der Waals surface area contributed by atoms with Crippen molar-refractivity contribution < 1.29 is 14.6 Å². The highest BCUT2D eigenvalue weighted by Crippen LogP contribution is 2.25. The quantitative estimate of drug-likeness (QED) is 0.795. The second-order valence-electron chi connectivity index (χ2n) is 6.16. The molecular formula is C18H20ClN3O3. The van der Waals surface area contributed by atoms with E-state index in [2.05, 4.69) is 15.1 Å². The van der Waals surface area contributed by atoms with Gasteiger partial charge in [-0.15, -0.1) is 10.2 Å². The molecule has 7 heteroatoms. The zero-order chi connectivity index (χ0) is 17.6. The SMILES string of the molecule is O=Cc1cc(O)cc(OCCC2CCN(c3ccc(Cl)nn3)CC2)c1.